The van der Waals surface area contributed by atoms with Gasteiger partial charge in [-0.2, -0.15) is 0 Å². The number of rotatable bonds is 11. The van der Waals surface area contributed by atoms with Crippen LogP contribution >= 0.6 is 34.8 Å². The molecule has 3 aromatic carbocycles. The first kappa shape index (κ1) is 34.3. The highest BCUT2D eigenvalue weighted by Crippen LogP contribution is 2.42. The van der Waals surface area contributed by atoms with Crippen LogP contribution in [0.25, 0.3) is 11.1 Å². The number of alkyl halides is 3. The number of ether oxygens (including phenoxy) is 2. The van der Waals surface area contributed by atoms with Crippen molar-refractivity contribution in [1.29, 1.82) is 0 Å². The molecule has 0 radical (unpaired) electrons. The third-order valence-electron chi connectivity index (χ3n) is 8.22. The molecule has 242 valence electrons. The number of hydrogen-bond acceptors (Lipinski definition) is 6. The van der Waals surface area contributed by atoms with E-state index in [1.165, 1.54) is 0 Å². The summed E-state index contributed by atoms with van der Waals surface area (Å²) in [6.07, 6.45) is 1.75. The van der Waals surface area contributed by atoms with E-state index in [9.17, 15) is 9.90 Å². The lowest BCUT2D eigenvalue weighted by Gasteiger charge is -2.42. The quantitative estimate of drug-likeness (QED) is 0.163. The van der Waals surface area contributed by atoms with Crippen LogP contribution in [-0.2, 0) is 33.8 Å². The highest BCUT2D eigenvalue weighted by molar-refractivity contribution is 6.76. The van der Waals surface area contributed by atoms with Gasteiger partial charge in [-0.15, -0.1) is 0 Å². The fourth-order valence-electron chi connectivity index (χ4n) is 5.59. The monoisotopic (exact) mass is 681 g/mol. The first-order valence-corrected chi connectivity index (χ1v) is 16.4. The zero-order valence-electron chi connectivity index (χ0n) is 25.8. The second-order valence-corrected chi connectivity index (χ2v) is 13.9. The van der Waals surface area contributed by atoms with Crippen molar-refractivity contribution in [3.05, 3.63) is 125 Å². The highest BCUT2D eigenvalue weighted by Gasteiger charge is 2.39. The van der Waals surface area contributed by atoms with Crippen molar-refractivity contribution in [3.63, 3.8) is 0 Å². The van der Waals surface area contributed by atoms with Crippen molar-refractivity contribution < 1.29 is 19.4 Å². The van der Waals surface area contributed by atoms with Gasteiger partial charge in [-0.25, -0.2) is 0 Å². The zero-order chi connectivity index (χ0) is 32.7. The van der Waals surface area contributed by atoms with Crippen molar-refractivity contribution >= 4 is 40.7 Å². The second-order valence-electron chi connectivity index (χ2n) is 11.7. The number of hydrogen-bond donors (Lipinski definition) is 2. The molecule has 1 amide bonds. The summed E-state index contributed by atoms with van der Waals surface area (Å²) >= 11 is 17.1. The summed E-state index contributed by atoms with van der Waals surface area (Å²) in [7, 11) is 2.11. The molecule has 0 bridgehead atoms. The summed E-state index contributed by atoms with van der Waals surface area (Å²) < 4.78 is 11.4. The van der Waals surface area contributed by atoms with Crippen molar-refractivity contribution in [2.45, 2.75) is 48.8 Å². The van der Waals surface area contributed by atoms with E-state index in [2.05, 4.69) is 35.2 Å². The number of aliphatic hydroxyl groups excluding tert-OH is 1. The Labute approximate surface area is 285 Å². The highest BCUT2D eigenvalue weighted by atomic mass is 35.6. The molecule has 2 N–H and O–H groups in total. The summed E-state index contributed by atoms with van der Waals surface area (Å²) in [5, 5.41) is 12.2. The number of pyridine rings is 1. The van der Waals surface area contributed by atoms with E-state index in [1.54, 1.807) is 0 Å². The molecule has 0 saturated carbocycles. The molecular weight excluding hydrogens is 645 g/mol. The van der Waals surface area contributed by atoms with Gasteiger partial charge in [-0.1, -0.05) is 108 Å². The molecule has 4 aromatic rings. The van der Waals surface area contributed by atoms with Gasteiger partial charge in [0, 0.05) is 49.4 Å². The predicted octanol–water partition coefficient (Wildman–Crippen LogP) is 7.19. The van der Waals surface area contributed by atoms with E-state index in [4.69, 9.17) is 44.3 Å². The SMILES string of the molecule is C[C@@H]1[C@H](CN(C)CCc2ccccn2)O[C@H](c2cccc(-c3cccc(CNC(=O)C(Cl)(Cl)Cl)c3)c2)O[C@@H]1c1ccc(CO)cc1. The minimum atomic E-state index is -2.02. The van der Waals surface area contributed by atoms with Crippen LogP contribution < -0.4 is 5.32 Å². The van der Waals surface area contributed by atoms with Gasteiger partial charge < -0.3 is 24.8 Å². The third kappa shape index (κ3) is 9.07. The minimum absolute atomic E-state index is 0.00987. The summed E-state index contributed by atoms with van der Waals surface area (Å²) in [6.45, 7) is 3.95. The zero-order valence-corrected chi connectivity index (χ0v) is 28.1. The van der Waals surface area contributed by atoms with Gasteiger partial charge in [0.2, 0.25) is 0 Å². The largest absolute Gasteiger partial charge is 0.392 e. The summed E-state index contributed by atoms with van der Waals surface area (Å²) in [5.74, 6) is -0.612. The molecule has 4 atom stereocenters. The van der Waals surface area contributed by atoms with Gasteiger partial charge in [0.15, 0.2) is 6.29 Å². The number of benzene rings is 3. The van der Waals surface area contributed by atoms with Crippen molar-refractivity contribution in [3.8, 4) is 11.1 Å². The van der Waals surface area contributed by atoms with Crippen LogP contribution in [0, 0.1) is 5.92 Å². The van der Waals surface area contributed by atoms with Crippen LogP contribution in [0.2, 0.25) is 0 Å². The Kier molecular flexibility index (Phi) is 11.7. The van der Waals surface area contributed by atoms with Gasteiger partial charge in [0.1, 0.15) is 0 Å². The fraction of sp³-hybridized carbons (Fsp3) is 0.333. The molecular formula is C36H38Cl3N3O4. The molecule has 0 spiro atoms. The first-order valence-electron chi connectivity index (χ1n) is 15.2. The summed E-state index contributed by atoms with van der Waals surface area (Å²) in [4.78, 5) is 18.8. The van der Waals surface area contributed by atoms with Crippen LogP contribution in [0.15, 0.2) is 97.2 Å². The molecule has 1 saturated heterocycles. The molecule has 7 nitrogen and oxygen atoms in total. The molecule has 0 aliphatic carbocycles. The Morgan fingerprint density at radius 2 is 1.65 bits per heavy atom. The van der Waals surface area contributed by atoms with Crippen molar-refractivity contribution in [2.24, 2.45) is 5.92 Å². The Morgan fingerprint density at radius 1 is 0.913 bits per heavy atom. The lowest BCUT2D eigenvalue weighted by atomic mass is 9.90. The van der Waals surface area contributed by atoms with E-state index in [1.807, 2.05) is 91.1 Å². The average molecular weight is 683 g/mol. The number of nitrogens with zero attached hydrogens (tertiary/aromatic N) is 2. The second kappa shape index (κ2) is 15.7. The van der Waals surface area contributed by atoms with Crippen LogP contribution in [0.5, 0.6) is 0 Å². The van der Waals surface area contributed by atoms with Gasteiger partial charge in [-0.3, -0.25) is 9.78 Å². The molecule has 5 rings (SSSR count). The minimum Gasteiger partial charge on any atom is -0.392 e. The number of amides is 1. The van der Waals surface area contributed by atoms with E-state index in [0.29, 0.717) is 0 Å². The Hall–Kier alpha value is -3.01. The van der Waals surface area contributed by atoms with E-state index in [-0.39, 0.29) is 31.3 Å². The lowest BCUT2D eigenvalue weighted by Crippen LogP contribution is -2.43. The van der Waals surface area contributed by atoms with Gasteiger partial charge >= 0.3 is 0 Å². The molecule has 1 aliphatic rings. The van der Waals surface area contributed by atoms with Crippen LogP contribution in [-0.4, -0.2) is 50.9 Å². The predicted molar refractivity (Wildman–Crippen MR) is 182 cm³/mol. The maximum atomic E-state index is 12.0. The molecule has 0 unspecified atom stereocenters. The maximum Gasteiger partial charge on any atom is 0.272 e. The number of aromatic nitrogens is 1. The maximum absolute atomic E-state index is 12.0. The lowest BCUT2D eigenvalue weighted by molar-refractivity contribution is -0.275. The summed E-state index contributed by atoms with van der Waals surface area (Å²) in [6, 6.07) is 29.9. The van der Waals surface area contributed by atoms with Crippen molar-refractivity contribution in [1.82, 2.24) is 15.2 Å². The number of carbonyl (C=O) groups is 1. The van der Waals surface area contributed by atoms with Gasteiger partial charge in [-0.05, 0) is 59.1 Å². The molecule has 1 fully saturated rings. The normalized spacial score (nSPS) is 20.1. The molecule has 10 heteroatoms. The molecule has 1 aromatic heterocycles. The Morgan fingerprint density at radius 3 is 2.35 bits per heavy atom. The van der Waals surface area contributed by atoms with E-state index in [0.717, 1.165) is 58.6 Å². The Bertz CT molecular complexity index is 1580. The topological polar surface area (TPSA) is 83.9 Å². The summed E-state index contributed by atoms with van der Waals surface area (Å²) in [5.41, 5.74) is 6.66. The first-order chi connectivity index (χ1) is 22.1. The number of halogens is 3. The van der Waals surface area contributed by atoms with Crippen LogP contribution in [0.1, 0.15) is 47.3 Å². The van der Waals surface area contributed by atoms with Crippen molar-refractivity contribution in [2.75, 3.05) is 20.1 Å². The van der Waals surface area contributed by atoms with E-state index >= 15 is 0 Å². The molecule has 46 heavy (non-hydrogen) atoms. The number of aliphatic hydroxyl groups is 1. The number of carbonyl (C=O) groups excluding carboxylic acids is 1. The smallest absolute Gasteiger partial charge is 0.272 e. The molecule has 1 aliphatic heterocycles. The number of likely N-dealkylation sites (N-methyl/N-ethyl adjacent to an activating group) is 1. The van der Waals surface area contributed by atoms with Gasteiger partial charge in [0.05, 0.1) is 18.8 Å². The van der Waals surface area contributed by atoms with Crippen LogP contribution in [0.3, 0.4) is 0 Å². The Balaban J connectivity index is 1.36. The van der Waals surface area contributed by atoms with E-state index < -0.39 is 16.0 Å². The average Bonchev–Trinajstić information content (AvgIpc) is 3.07. The standard InChI is InChI=1S/C36H38Cl3N3O4/c1-24-32(22-42(2)18-16-31-11-3-4-17-40-31)45-34(46-33(24)27-14-12-25(23-43)13-15-27)30-10-6-9-29(20-30)28-8-5-7-26(19-28)21-41-35(44)36(37,38)39/h3-15,17,19-20,24,32-34,43H,16,18,21-23H2,1-2H3,(H,41,44)/t24-,32+,33+,34+/m1/s1. The number of nitrogens with one attached hydrogen (secondary N) is 1. The van der Waals surface area contributed by atoms with Crippen LogP contribution in [0.4, 0.5) is 0 Å². The third-order valence-corrected chi connectivity index (χ3v) is 8.74. The molecule has 2 heterocycles. The van der Waals surface area contributed by atoms with Gasteiger partial charge in [0.25, 0.3) is 9.70 Å². The fourth-order valence-corrected chi connectivity index (χ4v) is 5.79.